The molecule has 1 heterocycles. The van der Waals surface area contributed by atoms with E-state index in [-0.39, 0.29) is 17.9 Å². The van der Waals surface area contributed by atoms with Gasteiger partial charge in [0.05, 0.1) is 25.5 Å². The molecule has 1 N–H and O–H groups in total. The Hall–Kier alpha value is -5.29. The van der Waals surface area contributed by atoms with Crippen molar-refractivity contribution in [2.45, 2.75) is 40.4 Å². The van der Waals surface area contributed by atoms with Crippen molar-refractivity contribution >= 4 is 45.5 Å². The number of nitrogens with one attached hydrogen (secondary N) is 1. The summed E-state index contributed by atoms with van der Waals surface area (Å²) >= 11 is 3.47. The summed E-state index contributed by atoms with van der Waals surface area (Å²) in [5.74, 6) is 0.864. The highest BCUT2D eigenvalue weighted by Crippen LogP contribution is 2.35. The Bertz CT molecular complexity index is 1840. The van der Waals surface area contributed by atoms with Crippen LogP contribution >= 0.6 is 15.9 Å². The number of halogens is 1. The van der Waals surface area contributed by atoms with Crippen LogP contribution in [0.4, 0.5) is 10.5 Å². The second-order valence-electron chi connectivity index (χ2n) is 10.8. The van der Waals surface area contributed by atoms with Crippen LogP contribution in [0.25, 0.3) is 6.08 Å². The van der Waals surface area contributed by atoms with Crippen LogP contribution in [0.3, 0.4) is 0 Å². The van der Waals surface area contributed by atoms with Crippen LogP contribution < -0.4 is 33.9 Å². The minimum absolute atomic E-state index is 0.161. The largest absolute Gasteiger partial charge is 0.490 e. The summed E-state index contributed by atoms with van der Waals surface area (Å²) in [4.78, 5) is 40.6. The van der Waals surface area contributed by atoms with Gasteiger partial charge < -0.3 is 23.7 Å². The van der Waals surface area contributed by atoms with Crippen LogP contribution in [0.2, 0.25) is 0 Å². The van der Waals surface area contributed by atoms with Crippen LogP contribution in [-0.2, 0) is 22.8 Å². The standard InChI is InChI=1S/C38H37BrN2O8/c1-4-18-47-32-17-14-29(22-35(32)46-6-3)41-37(43)30(36(42)40-38(41)44)21-27-20-28(39)13-16-31(27)48-24-26-12-15-33(34(19-26)45-5-2)49-23-25-10-8-7-9-11-25/h7-17,19-22H,4-6,18,23-24H2,1-3H3,(H,40,42,44)/b30-21+. The number of anilines is 1. The van der Waals surface area contributed by atoms with Crippen LogP contribution in [0, 0.1) is 0 Å². The number of barbiturate groups is 1. The summed E-state index contributed by atoms with van der Waals surface area (Å²) in [5.41, 5.74) is 2.28. The molecule has 0 aromatic heterocycles. The smallest absolute Gasteiger partial charge is 0.335 e. The van der Waals surface area contributed by atoms with Crippen molar-refractivity contribution in [3.05, 3.63) is 112 Å². The minimum atomic E-state index is -0.871. The molecule has 4 amide bonds. The predicted molar refractivity (Wildman–Crippen MR) is 189 cm³/mol. The first-order valence-electron chi connectivity index (χ1n) is 16.0. The number of carbonyl (C=O) groups is 3. The van der Waals surface area contributed by atoms with Crippen LogP contribution in [-0.4, -0.2) is 37.7 Å². The number of urea groups is 1. The first kappa shape index (κ1) is 35.0. The third-order valence-corrected chi connectivity index (χ3v) is 7.75. The number of hydrogen-bond acceptors (Lipinski definition) is 8. The molecule has 4 aromatic rings. The van der Waals surface area contributed by atoms with E-state index < -0.39 is 17.8 Å². The highest BCUT2D eigenvalue weighted by molar-refractivity contribution is 9.10. The lowest BCUT2D eigenvalue weighted by Crippen LogP contribution is -2.54. The van der Waals surface area contributed by atoms with Gasteiger partial charge in [-0.1, -0.05) is 59.3 Å². The van der Waals surface area contributed by atoms with Gasteiger partial charge in [-0.2, -0.15) is 0 Å². The molecule has 254 valence electrons. The first-order valence-corrected chi connectivity index (χ1v) is 16.8. The maximum atomic E-state index is 13.8. The number of carbonyl (C=O) groups excluding carboxylic acids is 3. The topological polar surface area (TPSA) is 113 Å². The molecule has 0 spiro atoms. The highest BCUT2D eigenvalue weighted by atomic mass is 79.9. The summed E-state index contributed by atoms with van der Waals surface area (Å²) in [5, 5.41) is 2.27. The molecular formula is C38H37BrN2O8. The Balaban J connectivity index is 1.38. The molecule has 10 nitrogen and oxygen atoms in total. The maximum Gasteiger partial charge on any atom is 0.335 e. The van der Waals surface area contributed by atoms with Crippen LogP contribution in [0.15, 0.2) is 95.0 Å². The fraction of sp³-hybridized carbons (Fsp3) is 0.237. The van der Waals surface area contributed by atoms with Gasteiger partial charge in [0.25, 0.3) is 11.8 Å². The lowest BCUT2D eigenvalue weighted by Gasteiger charge is -2.27. The normalized spacial score (nSPS) is 13.7. The average molecular weight is 730 g/mol. The highest BCUT2D eigenvalue weighted by Gasteiger charge is 2.37. The SMILES string of the molecule is CCCOc1ccc(N2C(=O)NC(=O)/C(=C\c3cc(Br)ccc3OCc3ccc(OCc4ccccc4)c(OCC)c3)C2=O)cc1OCC. The molecule has 0 radical (unpaired) electrons. The number of imide groups is 2. The van der Waals surface area contributed by atoms with Gasteiger partial charge in [-0.15, -0.1) is 0 Å². The fourth-order valence-electron chi connectivity index (χ4n) is 4.97. The molecule has 11 heteroatoms. The van der Waals surface area contributed by atoms with Crippen molar-refractivity contribution in [1.82, 2.24) is 5.32 Å². The molecule has 1 saturated heterocycles. The van der Waals surface area contributed by atoms with Crippen molar-refractivity contribution in [2.24, 2.45) is 0 Å². The Morgan fingerprint density at radius 3 is 2.06 bits per heavy atom. The van der Waals surface area contributed by atoms with E-state index in [2.05, 4.69) is 21.2 Å². The third kappa shape index (κ3) is 8.80. The van der Waals surface area contributed by atoms with E-state index in [1.807, 2.05) is 69.3 Å². The molecule has 1 aliphatic heterocycles. The van der Waals surface area contributed by atoms with Gasteiger partial charge in [-0.3, -0.25) is 14.9 Å². The summed E-state index contributed by atoms with van der Waals surface area (Å²) in [6.45, 7) is 7.54. The minimum Gasteiger partial charge on any atom is -0.490 e. The molecule has 5 rings (SSSR count). The van der Waals surface area contributed by atoms with E-state index >= 15 is 0 Å². The van der Waals surface area contributed by atoms with Gasteiger partial charge in [-0.25, -0.2) is 9.69 Å². The molecule has 1 fully saturated rings. The first-order chi connectivity index (χ1) is 23.8. The maximum absolute atomic E-state index is 13.8. The second-order valence-corrected chi connectivity index (χ2v) is 11.7. The van der Waals surface area contributed by atoms with Gasteiger partial charge >= 0.3 is 6.03 Å². The summed E-state index contributed by atoms with van der Waals surface area (Å²) in [7, 11) is 0. The lowest BCUT2D eigenvalue weighted by molar-refractivity contribution is -0.122. The Morgan fingerprint density at radius 2 is 1.33 bits per heavy atom. The summed E-state index contributed by atoms with van der Waals surface area (Å²) in [6, 6.07) is 24.6. The summed E-state index contributed by atoms with van der Waals surface area (Å²) < 4.78 is 30.3. The van der Waals surface area contributed by atoms with Gasteiger partial charge in [-0.05, 0) is 79.9 Å². The Kier molecular flexibility index (Phi) is 11.9. The number of nitrogens with zero attached hydrogens (tertiary/aromatic N) is 1. The average Bonchev–Trinajstić information content (AvgIpc) is 3.09. The van der Waals surface area contributed by atoms with Gasteiger partial charge in [0.15, 0.2) is 23.0 Å². The zero-order chi connectivity index (χ0) is 34.8. The van der Waals surface area contributed by atoms with E-state index in [1.165, 1.54) is 6.08 Å². The Labute approximate surface area is 293 Å². The Morgan fingerprint density at radius 1 is 0.673 bits per heavy atom. The van der Waals surface area contributed by atoms with Crippen molar-refractivity contribution in [3.63, 3.8) is 0 Å². The molecule has 4 aromatic carbocycles. The number of hydrogen-bond donors (Lipinski definition) is 1. The van der Waals surface area contributed by atoms with E-state index in [0.717, 1.165) is 22.4 Å². The molecule has 0 saturated carbocycles. The lowest BCUT2D eigenvalue weighted by atomic mass is 10.1. The van der Waals surface area contributed by atoms with E-state index in [9.17, 15) is 14.4 Å². The summed E-state index contributed by atoms with van der Waals surface area (Å²) in [6.07, 6.45) is 2.20. The van der Waals surface area contributed by atoms with Gasteiger partial charge in [0.2, 0.25) is 0 Å². The molecule has 0 unspecified atom stereocenters. The predicted octanol–water partition coefficient (Wildman–Crippen LogP) is 7.86. The van der Waals surface area contributed by atoms with Crippen molar-refractivity contribution < 1.29 is 38.1 Å². The molecule has 0 aliphatic carbocycles. The zero-order valence-corrected chi connectivity index (χ0v) is 29.1. The van der Waals surface area contributed by atoms with E-state index in [4.69, 9.17) is 23.7 Å². The molecular weight excluding hydrogens is 692 g/mol. The van der Waals surface area contributed by atoms with Gasteiger partial charge in [0.1, 0.15) is 24.5 Å². The third-order valence-electron chi connectivity index (χ3n) is 7.26. The van der Waals surface area contributed by atoms with Gasteiger partial charge in [0, 0.05) is 16.1 Å². The van der Waals surface area contributed by atoms with Crippen LogP contribution in [0.5, 0.6) is 28.7 Å². The zero-order valence-electron chi connectivity index (χ0n) is 27.5. The quantitative estimate of drug-likeness (QED) is 0.0973. The number of rotatable bonds is 15. The number of amides is 4. The number of ether oxygens (including phenoxy) is 5. The molecule has 0 atom stereocenters. The molecule has 49 heavy (non-hydrogen) atoms. The second kappa shape index (κ2) is 16.7. The van der Waals surface area contributed by atoms with Crippen LogP contribution in [0.1, 0.15) is 43.9 Å². The number of benzene rings is 4. The van der Waals surface area contributed by atoms with Crippen molar-refractivity contribution in [3.8, 4) is 28.7 Å². The van der Waals surface area contributed by atoms with E-state index in [1.54, 1.807) is 36.4 Å². The van der Waals surface area contributed by atoms with Crippen molar-refractivity contribution in [2.75, 3.05) is 24.7 Å². The van der Waals surface area contributed by atoms with E-state index in [0.29, 0.717) is 65.2 Å². The molecule has 1 aliphatic rings. The monoisotopic (exact) mass is 728 g/mol. The molecule has 0 bridgehead atoms. The van der Waals surface area contributed by atoms with Crippen molar-refractivity contribution in [1.29, 1.82) is 0 Å². The fourth-order valence-corrected chi connectivity index (χ4v) is 5.35.